The molecule has 0 bridgehead atoms. The first-order valence-corrected chi connectivity index (χ1v) is 8.82. The highest BCUT2D eigenvalue weighted by atomic mass is 35.5. The Morgan fingerprint density at radius 2 is 1.21 bits per heavy atom. The van der Waals surface area contributed by atoms with E-state index >= 15 is 0 Å². The highest BCUT2D eigenvalue weighted by Crippen LogP contribution is 2.31. The van der Waals surface area contributed by atoms with Gasteiger partial charge in [-0.2, -0.15) is 0 Å². The number of nitrogens with one attached hydrogen (secondary N) is 1. The van der Waals surface area contributed by atoms with Gasteiger partial charge < -0.3 is 15.2 Å². The second-order valence-corrected chi connectivity index (χ2v) is 6.41. The van der Waals surface area contributed by atoms with E-state index in [1.165, 1.54) is 16.7 Å². The molecule has 0 aliphatic rings. The molecule has 3 N–H and O–H groups in total. The topological polar surface area (TPSA) is 68.3 Å². The first kappa shape index (κ1) is 21.3. The molecule has 146 valence electrons. The molecule has 0 fully saturated rings. The van der Waals surface area contributed by atoms with Crippen LogP contribution in [0.1, 0.15) is 28.2 Å². The number of benzene rings is 3. The third-order valence-electron chi connectivity index (χ3n) is 4.74. The molecule has 0 amide bonds. The van der Waals surface area contributed by atoms with Crippen molar-refractivity contribution >= 4 is 18.2 Å². The molecule has 0 radical (unpaired) electrons. The average Bonchev–Trinajstić information content (AvgIpc) is 2.72. The Labute approximate surface area is 172 Å². The molecular weight excluding hydrogens is 372 g/mol. The SMILES string of the molecule is COc1ccc(C(Cc2ccc(C(=N)N)cc2)c2ccc(OC)cc2)cc1.Cl. The number of ether oxygens (including phenoxy) is 2. The quantitative estimate of drug-likeness (QED) is 0.446. The predicted octanol–water partition coefficient (Wildman–Crippen LogP) is 4.78. The fourth-order valence-corrected chi connectivity index (χ4v) is 3.16. The molecule has 0 saturated carbocycles. The van der Waals surface area contributed by atoms with Crippen LogP contribution in [-0.4, -0.2) is 20.1 Å². The summed E-state index contributed by atoms with van der Waals surface area (Å²) in [5.41, 5.74) is 9.93. The molecule has 5 heteroatoms. The first-order chi connectivity index (χ1) is 13.1. The van der Waals surface area contributed by atoms with Gasteiger partial charge >= 0.3 is 0 Å². The van der Waals surface area contributed by atoms with E-state index in [1.807, 2.05) is 48.5 Å². The predicted molar refractivity (Wildman–Crippen MR) is 116 cm³/mol. The van der Waals surface area contributed by atoms with E-state index in [-0.39, 0.29) is 24.2 Å². The minimum Gasteiger partial charge on any atom is -0.497 e. The summed E-state index contributed by atoms with van der Waals surface area (Å²) in [6.45, 7) is 0. The fraction of sp³-hybridized carbons (Fsp3) is 0.174. The zero-order valence-corrected chi connectivity index (χ0v) is 16.8. The van der Waals surface area contributed by atoms with Crippen LogP contribution in [0.2, 0.25) is 0 Å². The lowest BCUT2D eigenvalue weighted by molar-refractivity contribution is 0.414. The van der Waals surface area contributed by atoms with Crippen molar-refractivity contribution in [3.8, 4) is 11.5 Å². The maximum atomic E-state index is 7.55. The highest BCUT2D eigenvalue weighted by molar-refractivity contribution is 5.94. The van der Waals surface area contributed by atoms with Gasteiger partial charge in [-0.25, -0.2) is 0 Å². The van der Waals surface area contributed by atoms with Crippen LogP contribution in [0.15, 0.2) is 72.8 Å². The van der Waals surface area contributed by atoms with Crippen molar-refractivity contribution in [1.82, 2.24) is 0 Å². The van der Waals surface area contributed by atoms with Crippen LogP contribution in [0.5, 0.6) is 11.5 Å². The molecule has 0 atom stereocenters. The van der Waals surface area contributed by atoms with Crippen LogP contribution in [-0.2, 0) is 6.42 Å². The van der Waals surface area contributed by atoms with E-state index in [0.717, 1.165) is 23.5 Å². The van der Waals surface area contributed by atoms with Crippen molar-refractivity contribution in [1.29, 1.82) is 5.41 Å². The summed E-state index contributed by atoms with van der Waals surface area (Å²) in [6, 6.07) is 24.3. The smallest absolute Gasteiger partial charge is 0.122 e. The van der Waals surface area contributed by atoms with Gasteiger partial charge in [-0.15, -0.1) is 12.4 Å². The summed E-state index contributed by atoms with van der Waals surface area (Å²) in [7, 11) is 3.35. The van der Waals surface area contributed by atoms with Gasteiger partial charge in [0, 0.05) is 11.5 Å². The van der Waals surface area contributed by atoms with E-state index in [4.69, 9.17) is 20.6 Å². The van der Waals surface area contributed by atoms with Crippen LogP contribution < -0.4 is 15.2 Å². The number of nitrogen functional groups attached to an aromatic ring is 1. The standard InChI is InChI=1S/C23H24N2O2.ClH/c1-26-20-11-7-17(8-12-20)22(18-9-13-21(27-2)14-10-18)15-16-3-5-19(6-4-16)23(24)25;/h3-14,22H,15H2,1-2H3,(H3,24,25);1H. The van der Waals surface area contributed by atoms with E-state index < -0.39 is 0 Å². The van der Waals surface area contributed by atoms with Gasteiger partial charge in [0.1, 0.15) is 17.3 Å². The van der Waals surface area contributed by atoms with Crippen molar-refractivity contribution in [3.05, 3.63) is 95.1 Å². The van der Waals surface area contributed by atoms with Gasteiger partial charge in [-0.3, -0.25) is 5.41 Å². The number of methoxy groups -OCH3 is 2. The lowest BCUT2D eigenvalue weighted by Gasteiger charge is -2.19. The summed E-state index contributed by atoms with van der Waals surface area (Å²) < 4.78 is 10.6. The fourth-order valence-electron chi connectivity index (χ4n) is 3.16. The van der Waals surface area contributed by atoms with Gasteiger partial charge in [0.2, 0.25) is 0 Å². The van der Waals surface area contributed by atoms with Crippen molar-refractivity contribution < 1.29 is 9.47 Å². The van der Waals surface area contributed by atoms with Crippen molar-refractivity contribution in [2.75, 3.05) is 14.2 Å². The van der Waals surface area contributed by atoms with Crippen molar-refractivity contribution in [2.45, 2.75) is 12.3 Å². The van der Waals surface area contributed by atoms with Crippen LogP contribution in [0, 0.1) is 5.41 Å². The summed E-state index contributed by atoms with van der Waals surface area (Å²) >= 11 is 0. The van der Waals surface area contributed by atoms with Gasteiger partial charge in [0.25, 0.3) is 0 Å². The maximum absolute atomic E-state index is 7.55. The Hall–Kier alpha value is -2.98. The third-order valence-corrected chi connectivity index (χ3v) is 4.74. The maximum Gasteiger partial charge on any atom is 0.122 e. The largest absolute Gasteiger partial charge is 0.497 e. The van der Waals surface area contributed by atoms with Crippen LogP contribution in [0.4, 0.5) is 0 Å². The van der Waals surface area contributed by atoms with E-state index in [1.54, 1.807) is 14.2 Å². The molecule has 0 aliphatic carbocycles. The molecule has 4 nitrogen and oxygen atoms in total. The van der Waals surface area contributed by atoms with Gasteiger partial charge in [0.15, 0.2) is 0 Å². The lowest BCUT2D eigenvalue weighted by Crippen LogP contribution is -2.11. The highest BCUT2D eigenvalue weighted by Gasteiger charge is 2.16. The Kier molecular flexibility index (Phi) is 7.47. The average molecular weight is 397 g/mol. The summed E-state index contributed by atoms with van der Waals surface area (Å²) in [6.07, 6.45) is 0.844. The second-order valence-electron chi connectivity index (χ2n) is 6.41. The molecular formula is C23H25ClN2O2. The zero-order valence-electron chi connectivity index (χ0n) is 16.0. The number of hydrogen-bond acceptors (Lipinski definition) is 3. The van der Waals surface area contributed by atoms with Gasteiger partial charge in [-0.1, -0.05) is 48.5 Å². The van der Waals surface area contributed by atoms with E-state index in [2.05, 4.69) is 24.3 Å². The number of amidine groups is 1. The van der Waals surface area contributed by atoms with Crippen molar-refractivity contribution in [2.24, 2.45) is 5.73 Å². The Morgan fingerprint density at radius 1 is 0.786 bits per heavy atom. The van der Waals surface area contributed by atoms with Gasteiger partial charge in [0.05, 0.1) is 14.2 Å². The third kappa shape index (κ3) is 5.05. The Morgan fingerprint density at radius 3 is 1.57 bits per heavy atom. The molecule has 0 heterocycles. The molecule has 3 aromatic carbocycles. The molecule has 28 heavy (non-hydrogen) atoms. The van der Waals surface area contributed by atoms with Crippen molar-refractivity contribution in [3.63, 3.8) is 0 Å². The number of hydrogen-bond donors (Lipinski definition) is 2. The summed E-state index contributed by atoms with van der Waals surface area (Å²) in [4.78, 5) is 0. The van der Waals surface area contributed by atoms with E-state index in [0.29, 0.717) is 0 Å². The Balaban J connectivity index is 0.00000280. The normalized spacial score (nSPS) is 10.2. The number of rotatable bonds is 7. The number of nitrogens with two attached hydrogens (primary N) is 1. The number of halogens is 1. The van der Waals surface area contributed by atoms with E-state index in [9.17, 15) is 0 Å². The minimum absolute atomic E-state index is 0. The molecule has 0 aliphatic heterocycles. The monoisotopic (exact) mass is 396 g/mol. The first-order valence-electron chi connectivity index (χ1n) is 8.82. The molecule has 3 aromatic rings. The van der Waals surface area contributed by atoms with Crippen LogP contribution in [0.25, 0.3) is 0 Å². The molecule has 3 rings (SSSR count). The Bertz CT molecular complexity index is 844. The second kappa shape index (κ2) is 9.81. The minimum atomic E-state index is 0. The summed E-state index contributed by atoms with van der Waals surface area (Å²) in [5.74, 6) is 1.98. The lowest BCUT2D eigenvalue weighted by atomic mass is 9.85. The zero-order chi connectivity index (χ0) is 19.2. The van der Waals surface area contributed by atoms with Crippen LogP contribution in [0.3, 0.4) is 0 Å². The summed E-state index contributed by atoms with van der Waals surface area (Å²) in [5, 5.41) is 7.55. The molecule has 0 aromatic heterocycles. The molecule has 0 unspecified atom stereocenters. The molecule has 0 saturated heterocycles. The molecule has 0 spiro atoms. The van der Waals surface area contributed by atoms with Crippen LogP contribution >= 0.6 is 12.4 Å². The van der Waals surface area contributed by atoms with Gasteiger partial charge in [-0.05, 0) is 47.4 Å².